The van der Waals surface area contributed by atoms with Crippen LogP contribution in [-0.2, 0) is 14.8 Å². The number of carbonyl (C=O) groups is 1. The maximum atomic E-state index is 12.7. The number of amides is 1. The number of hydrogen-bond donors (Lipinski definition) is 1. The SMILES string of the molecule is CC(c1ccccc1Cl)N(C)CC(=O)Nc1cccc(S(=O)(=O)N2CCCC2)c1. The van der Waals surface area contributed by atoms with Gasteiger partial charge in [-0.2, -0.15) is 4.31 Å². The molecule has 3 rings (SSSR count). The summed E-state index contributed by atoms with van der Waals surface area (Å²) in [5.41, 5.74) is 1.41. The Hall–Kier alpha value is -1.93. The predicted molar refractivity (Wildman–Crippen MR) is 116 cm³/mol. The molecule has 1 saturated heterocycles. The van der Waals surface area contributed by atoms with E-state index in [0.29, 0.717) is 23.8 Å². The topological polar surface area (TPSA) is 69.7 Å². The molecule has 29 heavy (non-hydrogen) atoms. The van der Waals surface area contributed by atoms with Crippen molar-refractivity contribution in [1.29, 1.82) is 0 Å². The minimum Gasteiger partial charge on any atom is -0.325 e. The smallest absolute Gasteiger partial charge is 0.243 e. The Kier molecular flexibility index (Phi) is 6.95. The molecule has 1 fully saturated rings. The Labute approximate surface area is 177 Å². The summed E-state index contributed by atoms with van der Waals surface area (Å²) in [6.07, 6.45) is 1.76. The summed E-state index contributed by atoms with van der Waals surface area (Å²) in [7, 11) is -1.67. The molecule has 0 saturated carbocycles. The lowest BCUT2D eigenvalue weighted by Crippen LogP contribution is -2.32. The molecule has 1 N–H and O–H groups in total. The van der Waals surface area contributed by atoms with Crippen molar-refractivity contribution in [3.8, 4) is 0 Å². The minimum atomic E-state index is -3.52. The first-order valence-electron chi connectivity index (χ1n) is 9.64. The van der Waals surface area contributed by atoms with Gasteiger partial charge in [0.05, 0.1) is 11.4 Å². The van der Waals surface area contributed by atoms with Crippen LogP contribution in [0.3, 0.4) is 0 Å². The van der Waals surface area contributed by atoms with Gasteiger partial charge in [-0.15, -0.1) is 0 Å². The van der Waals surface area contributed by atoms with Crippen LogP contribution in [0.25, 0.3) is 0 Å². The van der Waals surface area contributed by atoms with Crippen molar-refractivity contribution < 1.29 is 13.2 Å². The summed E-state index contributed by atoms with van der Waals surface area (Å²) in [6.45, 7) is 3.22. The van der Waals surface area contributed by atoms with Crippen LogP contribution in [0.5, 0.6) is 0 Å². The van der Waals surface area contributed by atoms with E-state index in [9.17, 15) is 13.2 Å². The van der Waals surface area contributed by atoms with E-state index in [-0.39, 0.29) is 23.4 Å². The van der Waals surface area contributed by atoms with Crippen LogP contribution >= 0.6 is 11.6 Å². The van der Waals surface area contributed by atoms with Crippen LogP contribution in [0.1, 0.15) is 31.4 Å². The second kappa shape index (κ2) is 9.26. The standard InChI is InChI=1S/C21H26ClN3O3S/c1-16(19-10-3-4-11-20(19)22)24(2)15-21(26)23-17-8-7-9-18(14-17)29(27,28)25-12-5-6-13-25/h3-4,7-11,14,16H,5-6,12-13,15H2,1-2H3,(H,23,26). The van der Waals surface area contributed by atoms with Gasteiger partial charge in [0.2, 0.25) is 15.9 Å². The first kappa shape index (κ1) is 21.8. The molecule has 0 aromatic heterocycles. The fraction of sp³-hybridized carbons (Fsp3) is 0.381. The van der Waals surface area contributed by atoms with E-state index >= 15 is 0 Å². The molecule has 2 aromatic carbocycles. The molecule has 1 aliphatic rings. The van der Waals surface area contributed by atoms with Crippen molar-refractivity contribution in [1.82, 2.24) is 9.21 Å². The number of nitrogens with zero attached hydrogens (tertiary/aromatic N) is 2. The number of likely N-dealkylation sites (N-methyl/N-ethyl adjacent to an activating group) is 1. The van der Waals surface area contributed by atoms with Crippen molar-refractivity contribution in [3.05, 3.63) is 59.1 Å². The van der Waals surface area contributed by atoms with E-state index in [2.05, 4.69) is 5.32 Å². The van der Waals surface area contributed by atoms with Crippen LogP contribution in [0.4, 0.5) is 5.69 Å². The third-order valence-corrected chi connectivity index (χ3v) is 7.47. The average molecular weight is 436 g/mol. The van der Waals surface area contributed by atoms with Crippen LogP contribution in [0.2, 0.25) is 5.02 Å². The molecule has 0 aliphatic carbocycles. The maximum Gasteiger partial charge on any atom is 0.243 e. The number of rotatable bonds is 7. The largest absolute Gasteiger partial charge is 0.325 e. The van der Waals surface area contributed by atoms with Gasteiger partial charge in [-0.05, 0) is 56.6 Å². The molecule has 2 aromatic rings. The van der Waals surface area contributed by atoms with Crippen molar-refractivity contribution in [3.63, 3.8) is 0 Å². The zero-order chi connectivity index (χ0) is 21.0. The van der Waals surface area contributed by atoms with E-state index in [1.165, 1.54) is 10.4 Å². The first-order chi connectivity index (χ1) is 13.8. The monoisotopic (exact) mass is 435 g/mol. The van der Waals surface area contributed by atoms with Crippen LogP contribution < -0.4 is 5.32 Å². The Balaban J connectivity index is 1.66. The first-order valence-corrected chi connectivity index (χ1v) is 11.5. The van der Waals surface area contributed by atoms with E-state index in [4.69, 9.17) is 11.6 Å². The van der Waals surface area contributed by atoms with Crippen molar-refractivity contribution >= 4 is 33.2 Å². The Morgan fingerprint density at radius 3 is 2.55 bits per heavy atom. The Morgan fingerprint density at radius 2 is 1.86 bits per heavy atom. The molecule has 1 heterocycles. The normalized spacial score (nSPS) is 16.1. The number of halogens is 1. The van der Waals surface area contributed by atoms with Crippen molar-refractivity contribution in [2.24, 2.45) is 0 Å². The van der Waals surface area contributed by atoms with E-state index in [1.807, 2.05) is 43.1 Å². The number of hydrogen-bond acceptors (Lipinski definition) is 4. The highest BCUT2D eigenvalue weighted by molar-refractivity contribution is 7.89. The fourth-order valence-electron chi connectivity index (χ4n) is 3.43. The highest BCUT2D eigenvalue weighted by atomic mass is 35.5. The Bertz CT molecular complexity index is 975. The van der Waals surface area contributed by atoms with Gasteiger partial charge in [-0.3, -0.25) is 9.69 Å². The molecule has 6 nitrogen and oxygen atoms in total. The van der Waals surface area contributed by atoms with Crippen LogP contribution in [0, 0.1) is 0 Å². The summed E-state index contributed by atoms with van der Waals surface area (Å²) < 4.78 is 26.9. The average Bonchev–Trinajstić information content (AvgIpc) is 3.23. The van der Waals surface area contributed by atoms with Gasteiger partial charge < -0.3 is 5.32 Å². The predicted octanol–water partition coefficient (Wildman–Crippen LogP) is 3.76. The summed E-state index contributed by atoms with van der Waals surface area (Å²) in [6, 6.07) is 13.9. The number of benzene rings is 2. The van der Waals surface area contributed by atoms with Crippen LogP contribution in [-0.4, -0.2) is 50.2 Å². The quantitative estimate of drug-likeness (QED) is 0.718. The van der Waals surface area contributed by atoms with Gasteiger partial charge >= 0.3 is 0 Å². The summed E-state index contributed by atoms with van der Waals surface area (Å²) >= 11 is 6.26. The molecule has 1 aliphatic heterocycles. The number of anilines is 1. The highest BCUT2D eigenvalue weighted by Gasteiger charge is 2.27. The molecule has 156 valence electrons. The molecule has 0 bridgehead atoms. The second-order valence-electron chi connectivity index (χ2n) is 7.30. The third-order valence-electron chi connectivity index (χ3n) is 5.23. The highest BCUT2D eigenvalue weighted by Crippen LogP contribution is 2.26. The second-order valence-corrected chi connectivity index (χ2v) is 9.64. The molecule has 1 atom stereocenters. The van der Waals surface area contributed by atoms with Gasteiger partial charge in [0.15, 0.2) is 0 Å². The molecular weight excluding hydrogens is 410 g/mol. The van der Waals surface area contributed by atoms with E-state index < -0.39 is 10.0 Å². The van der Waals surface area contributed by atoms with Gasteiger partial charge in [0.1, 0.15) is 0 Å². The molecule has 0 radical (unpaired) electrons. The third kappa shape index (κ3) is 5.17. The molecule has 0 spiro atoms. The summed E-state index contributed by atoms with van der Waals surface area (Å²) in [5, 5.41) is 3.46. The van der Waals surface area contributed by atoms with Gasteiger partial charge in [0.25, 0.3) is 0 Å². The minimum absolute atomic E-state index is 0.0451. The lowest BCUT2D eigenvalue weighted by atomic mass is 10.1. The number of carbonyl (C=O) groups excluding carboxylic acids is 1. The summed E-state index contributed by atoms with van der Waals surface area (Å²) in [4.78, 5) is 14.6. The van der Waals surface area contributed by atoms with Gasteiger partial charge in [-0.1, -0.05) is 35.9 Å². The number of sulfonamides is 1. The lowest BCUT2D eigenvalue weighted by Gasteiger charge is -2.25. The molecule has 8 heteroatoms. The summed E-state index contributed by atoms with van der Waals surface area (Å²) in [5.74, 6) is -0.220. The molecular formula is C21H26ClN3O3S. The van der Waals surface area contributed by atoms with Crippen LogP contribution in [0.15, 0.2) is 53.4 Å². The zero-order valence-electron chi connectivity index (χ0n) is 16.6. The van der Waals surface area contributed by atoms with E-state index in [0.717, 1.165) is 18.4 Å². The van der Waals surface area contributed by atoms with E-state index in [1.54, 1.807) is 18.2 Å². The van der Waals surface area contributed by atoms with Gasteiger partial charge in [-0.25, -0.2) is 8.42 Å². The molecule has 1 unspecified atom stereocenters. The van der Waals surface area contributed by atoms with Crippen molar-refractivity contribution in [2.75, 3.05) is 32.0 Å². The number of nitrogens with one attached hydrogen (secondary N) is 1. The van der Waals surface area contributed by atoms with Gasteiger partial charge in [0, 0.05) is 29.8 Å². The maximum absolute atomic E-state index is 12.7. The Morgan fingerprint density at radius 1 is 1.17 bits per heavy atom. The molecule has 1 amide bonds. The fourth-order valence-corrected chi connectivity index (χ4v) is 5.28. The zero-order valence-corrected chi connectivity index (χ0v) is 18.2. The van der Waals surface area contributed by atoms with Crippen molar-refractivity contribution in [2.45, 2.75) is 30.7 Å². The lowest BCUT2D eigenvalue weighted by molar-refractivity contribution is -0.117.